The molecule has 1 amide bonds. The van der Waals surface area contributed by atoms with Crippen LogP contribution in [-0.2, 0) is 4.79 Å². The Kier molecular flexibility index (Phi) is 4.83. The average molecular weight is 337 g/mol. The maximum atomic E-state index is 12.3. The van der Waals surface area contributed by atoms with Gasteiger partial charge in [-0.05, 0) is 29.7 Å². The Balaban J connectivity index is 1.55. The molecule has 1 fully saturated rings. The van der Waals surface area contributed by atoms with Crippen LogP contribution in [0.25, 0.3) is 10.8 Å². The summed E-state index contributed by atoms with van der Waals surface area (Å²) in [5.41, 5.74) is 0. The second-order valence-electron chi connectivity index (χ2n) is 5.88. The molecule has 1 aliphatic heterocycles. The summed E-state index contributed by atoms with van der Waals surface area (Å²) < 4.78 is 5.59. The van der Waals surface area contributed by atoms with Crippen molar-refractivity contribution in [2.75, 3.05) is 18.8 Å². The number of nitrogens with zero attached hydrogens (tertiary/aromatic N) is 3. The number of hydrogen-bond donors (Lipinski definition) is 0. The normalized spacial score (nSPS) is 22.0. The minimum absolute atomic E-state index is 0.152. The van der Waals surface area contributed by atoms with E-state index in [0.29, 0.717) is 28.7 Å². The summed E-state index contributed by atoms with van der Waals surface area (Å²) in [5.74, 6) is 2.17. The van der Waals surface area contributed by atoms with Crippen LogP contribution in [0.4, 0.5) is 0 Å². The smallest absolute Gasteiger partial charge is 0.277 e. The molecule has 118 valence electrons. The molecule has 2 aromatic heterocycles. The van der Waals surface area contributed by atoms with E-state index in [0.717, 1.165) is 18.0 Å². The number of aromatic nitrogens is 2. The third kappa shape index (κ3) is 3.70. The van der Waals surface area contributed by atoms with Gasteiger partial charge in [-0.15, -0.1) is 21.5 Å². The zero-order valence-corrected chi connectivity index (χ0v) is 14.3. The number of thiophene rings is 1. The van der Waals surface area contributed by atoms with E-state index in [9.17, 15) is 4.79 Å². The van der Waals surface area contributed by atoms with Crippen molar-refractivity contribution in [1.82, 2.24) is 15.1 Å². The van der Waals surface area contributed by atoms with Crippen LogP contribution in [0.1, 0.15) is 20.3 Å². The second kappa shape index (κ2) is 6.83. The molecule has 2 aromatic rings. The highest BCUT2D eigenvalue weighted by Gasteiger charge is 2.25. The number of amides is 1. The molecule has 0 bridgehead atoms. The summed E-state index contributed by atoms with van der Waals surface area (Å²) in [6, 6.07) is 3.88. The van der Waals surface area contributed by atoms with E-state index < -0.39 is 0 Å². The lowest BCUT2D eigenvalue weighted by Crippen LogP contribution is -2.43. The zero-order valence-electron chi connectivity index (χ0n) is 12.7. The predicted octanol–water partition coefficient (Wildman–Crippen LogP) is 3.39. The average Bonchev–Trinajstić information content (AvgIpc) is 3.14. The Morgan fingerprint density at radius 3 is 2.86 bits per heavy atom. The van der Waals surface area contributed by atoms with Gasteiger partial charge in [0.1, 0.15) is 0 Å². The Labute approximate surface area is 138 Å². The van der Waals surface area contributed by atoms with Crippen molar-refractivity contribution in [3.8, 4) is 10.8 Å². The molecule has 2 atom stereocenters. The third-order valence-corrected chi connectivity index (χ3v) is 5.34. The van der Waals surface area contributed by atoms with E-state index in [1.54, 1.807) is 11.3 Å². The molecule has 3 heterocycles. The topological polar surface area (TPSA) is 59.2 Å². The van der Waals surface area contributed by atoms with Gasteiger partial charge in [-0.3, -0.25) is 4.79 Å². The molecular formula is C15H19N3O2S2. The van der Waals surface area contributed by atoms with Gasteiger partial charge in [0.15, 0.2) is 0 Å². The summed E-state index contributed by atoms with van der Waals surface area (Å²) in [6.07, 6.45) is 1.20. The summed E-state index contributed by atoms with van der Waals surface area (Å²) in [4.78, 5) is 15.2. The van der Waals surface area contributed by atoms with Gasteiger partial charge in [0.25, 0.3) is 11.1 Å². The highest BCUT2D eigenvalue weighted by atomic mass is 32.2. The first-order valence-corrected chi connectivity index (χ1v) is 9.26. The molecular weight excluding hydrogens is 318 g/mol. The van der Waals surface area contributed by atoms with Crippen molar-refractivity contribution in [3.05, 3.63) is 17.5 Å². The molecule has 0 N–H and O–H groups in total. The minimum atomic E-state index is 0.152. The van der Waals surface area contributed by atoms with Crippen LogP contribution in [-0.4, -0.2) is 39.8 Å². The summed E-state index contributed by atoms with van der Waals surface area (Å²) >= 11 is 2.87. The Hall–Kier alpha value is -1.34. The Morgan fingerprint density at radius 1 is 1.41 bits per heavy atom. The van der Waals surface area contributed by atoms with Crippen molar-refractivity contribution >= 4 is 29.0 Å². The zero-order chi connectivity index (χ0) is 15.5. The van der Waals surface area contributed by atoms with Gasteiger partial charge < -0.3 is 9.32 Å². The van der Waals surface area contributed by atoms with Crippen molar-refractivity contribution < 1.29 is 9.21 Å². The fourth-order valence-electron chi connectivity index (χ4n) is 2.85. The van der Waals surface area contributed by atoms with E-state index in [1.807, 2.05) is 22.4 Å². The second-order valence-corrected chi connectivity index (χ2v) is 7.76. The molecule has 0 spiro atoms. The summed E-state index contributed by atoms with van der Waals surface area (Å²) in [5, 5.41) is 10.4. The van der Waals surface area contributed by atoms with E-state index in [1.165, 1.54) is 18.2 Å². The molecule has 0 aliphatic carbocycles. The molecule has 7 heteroatoms. The van der Waals surface area contributed by atoms with E-state index in [-0.39, 0.29) is 5.91 Å². The van der Waals surface area contributed by atoms with Crippen molar-refractivity contribution in [3.63, 3.8) is 0 Å². The molecule has 1 saturated heterocycles. The number of carbonyl (C=O) groups excluding carboxylic acids is 1. The molecule has 22 heavy (non-hydrogen) atoms. The van der Waals surface area contributed by atoms with Gasteiger partial charge in [-0.25, -0.2) is 0 Å². The van der Waals surface area contributed by atoms with Crippen molar-refractivity contribution in [2.45, 2.75) is 25.5 Å². The Bertz CT molecular complexity index is 617. The maximum Gasteiger partial charge on any atom is 0.277 e. The highest BCUT2D eigenvalue weighted by Crippen LogP contribution is 2.27. The largest absolute Gasteiger partial charge is 0.410 e. The minimum Gasteiger partial charge on any atom is -0.410 e. The standard InChI is InChI=1S/C15H19N3O2S2/c1-10-6-11(2)8-18(7-10)13(19)9-22-15-17-16-14(20-15)12-4-3-5-21-12/h3-5,10-11H,6-9H2,1-2H3. The van der Waals surface area contributed by atoms with Crippen LogP contribution in [0, 0.1) is 11.8 Å². The van der Waals surface area contributed by atoms with Crippen molar-refractivity contribution in [2.24, 2.45) is 11.8 Å². The first-order chi connectivity index (χ1) is 10.6. The molecule has 0 radical (unpaired) electrons. The number of hydrogen-bond acceptors (Lipinski definition) is 6. The molecule has 3 rings (SSSR count). The van der Waals surface area contributed by atoms with Gasteiger partial charge in [-0.2, -0.15) is 0 Å². The third-order valence-electron chi connectivity index (χ3n) is 3.68. The van der Waals surface area contributed by atoms with Crippen molar-refractivity contribution in [1.29, 1.82) is 0 Å². The molecule has 0 aromatic carbocycles. The highest BCUT2D eigenvalue weighted by molar-refractivity contribution is 7.99. The maximum absolute atomic E-state index is 12.3. The predicted molar refractivity (Wildman–Crippen MR) is 87.9 cm³/mol. The SMILES string of the molecule is CC1CC(C)CN(C(=O)CSc2nnc(-c3cccs3)o2)C1. The first kappa shape index (κ1) is 15.6. The number of carbonyl (C=O) groups is 1. The van der Waals surface area contributed by atoms with Crippen LogP contribution in [0.15, 0.2) is 27.2 Å². The van der Waals surface area contributed by atoms with Gasteiger partial charge >= 0.3 is 0 Å². The number of piperidine rings is 1. The first-order valence-electron chi connectivity index (χ1n) is 7.39. The van der Waals surface area contributed by atoms with Gasteiger partial charge in [-0.1, -0.05) is 31.7 Å². The van der Waals surface area contributed by atoms with Crippen LogP contribution in [0.3, 0.4) is 0 Å². The molecule has 2 unspecified atom stereocenters. The van der Waals surface area contributed by atoms with Gasteiger partial charge in [0, 0.05) is 13.1 Å². The van der Waals surface area contributed by atoms with Crippen LogP contribution in [0.2, 0.25) is 0 Å². The lowest BCUT2D eigenvalue weighted by molar-refractivity contribution is -0.130. The fourth-order valence-corrected chi connectivity index (χ4v) is 4.16. The lowest BCUT2D eigenvalue weighted by atomic mass is 9.92. The summed E-state index contributed by atoms with van der Waals surface area (Å²) in [7, 11) is 0. The number of likely N-dealkylation sites (tertiary alicyclic amines) is 1. The molecule has 1 aliphatic rings. The van der Waals surface area contributed by atoms with E-state index in [2.05, 4.69) is 24.0 Å². The lowest BCUT2D eigenvalue weighted by Gasteiger charge is -2.34. The Morgan fingerprint density at radius 2 is 2.18 bits per heavy atom. The van der Waals surface area contributed by atoms with E-state index >= 15 is 0 Å². The van der Waals surface area contributed by atoms with E-state index in [4.69, 9.17) is 4.42 Å². The monoisotopic (exact) mass is 337 g/mol. The van der Waals surface area contributed by atoms with Crippen LogP contribution in [0.5, 0.6) is 0 Å². The number of rotatable bonds is 4. The summed E-state index contributed by atoms with van der Waals surface area (Å²) in [6.45, 7) is 6.12. The number of thioether (sulfide) groups is 1. The van der Waals surface area contributed by atoms with Gasteiger partial charge in [0.05, 0.1) is 10.6 Å². The molecule has 0 saturated carbocycles. The van der Waals surface area contributed by atoms with Crippen LogP contribution < -0.4 is 0 Å². The fraction of sp³-hybridized carbons (Fsp3) is 0.533. The molecule has 5 nitrogen and oxygen atoms in total. The van der Waals surface area contributed by atoms with Gasteiger partial charge in [0.2, 0.25) is 5.91 Å². The quantitative estimate of drug-likeness (QED) is 0.800. The van der Waals surface area contributed by atoms with Crippen LogP contribution >= 0.6 is 23.1 Å².